The standard InChI is InChI=1S/C66H54BN5O2/c1-4-44-21-18-23-46(38-44)58-62(47-24-19-22-45(5-2)39-47)73-64-61-66(74-63(58)64)72(51-31-16-9-17-32-51)57-41-53(69(48-25-10-6-11-26-48)52-33-20-36-68-42-52)40-56-60(57)67(61)59-54-35-34-43(3)37-55(54)70(49-27-12-7-13-28-49)65(59)71(56)50-29-14-8-15-30-50/h6-36,38-43,61,66H,4-5,37H2,1-3H3. The predicted molar refractivity (Wildman–Crippen MR) is 304 cm³/mol. The second kappa shape index (κ2) is 17.8. The normalized spacial score (nSPS) is 16.7. The number of aromatic nitrogens is 2. The summed E-state index contributed by atoms with van der Waals surface area (Å²) in [6, 6.07) is 70.3. The minimum atomic E-state index is -0.488. The molecular formula is C66H54BN5O2. The zero-order valence-corrected chi connectivity index (χ0v) is 41.8. The van der Waals surface area contributed by atoms with Crippen LogP contribution < -0.4 is 30.4 Å². The number of aryl methyl sites for hydroxylation is 2. The van der Waals surface area contributed by atoms with Gasteiger partial charge in [-0.15, -0.1) is 0 Å². The van der Waals surface area contributed by atoms with Gasteiger partial charge in [0.15, 0.2) is 12.0 Å². The Hall–Kier alpha value is -8.75. The maximum atomic E-state index is 7.87. The van der Waals surface area contributed by atoms with Crippen molar-refractivity contribution in [1.29, 1.82) is 0 Å². The van der Waals surface area contributed by atoms with Crippen LogP contribution in [0.15, 0.2) is 217 Å². The van der Waals surface area contributed by atoms with Crippen LogP contribution in [0, 0.1) is 5.92 Å². The number of nitrogens with zero attached hydrogens (tertiary/aromatic N) is 5. The molecule has 0 radical (unpaired) electrons. The summed E-state index contributed by atoms with van der Waals surface area (Å²) >= 11 is 0. The first kappa shape index (κ1) is 44.0. The fraction of sp³-hybridized carbons (Fsp3) is 0.136. The van der Waals surface area contributed by atoms with Gasteiger partial charge in [-0.25, -0.2) is 0 Å². The molecule has 6 heterocycles. The Morgan fingerprint density at radius 1 is 0.622 bits per heavy atom. The molecule has 0 fully saturated rings. The van der Waals surface area contributed by atoms with E-state index < -0.39 is 6.23 Å². The highest BCUT2D eigenvalue weighted by molar-refractivity contribution is 6.91. The molecule has 3 aromatic heterocycles. The highest BCUT2D eigenvalue weighted by Gasteiger charge is 2.59. The van der Waals surface area contributed by atoms with E-state index in [9.17, 15) is 0 Å². The Morgan fingerprint density at radius 3 is 1.95 bits per heavy atom. The lowest BCUT2D eigenvalue weighted by atomic mass is 9.29. The number of anilines is 8. The van der Waals surface area contributed by atoms with Crippen LogP contribution in [0.4, 0.5) is 45.6 Å². The number of hydrogen-bond acceptors (Lipinski definition) is 6. The van der Waals surface area contributed by atoms with Crippen molar-refractivity contribution in [3.8, 4) is 33.9 Å². The Morgan fingerprint density at radius 2 is 1.26 bits per heavy atom. The molecule has 14 rings (SSSR count). The van der Waals surface area contributed by atoms with Gasteiger partial charge in [0.05, 0.1) is 29.0 Å². The second-order valence-electron chi connectivity index (χ2n) is 20.1. The molecule has 3 unspecified atom stereocenters. The van der Waals surface area contributed by atoms with Crippen molar-refractivity contribution in [3.63, 3.8) is 0 Å². The fourth-order valence-electron chi connectivity index (χ4n) is 12.4. The zero-order valence-electron chi connectivity index (χ0n) is 41.8. The lowest BCUT2D eigenvalue weighted by Crippen LogP contribution is -2.63. The van der Waals surface area contributed by atoms with Gasteiger partial charge in [-0.1, -0.05) is 148 Å². The van der Waals surface area contributed by atoms with Crippen molar-refractivity contribution in [3.05, 3.63) is 241 Å². The number of para-hydroxylation sites is 4. The first-order valence-corrected chi connectivity index (χ1v) is 26.2. The Balaban J connectivity index is 1.14. The van der Waals surface area contributed by atoms with Crippen LogP contribution in [-0.4, -0.2) is 22.5 Å². The van der Waals surface area contributed by atoms with E-state index >= 15 is 0 Å². The third-order valence-corrected chi connectivity index (χ3v) is 15.7. The average Bonchev–Trinajstić information content (AvgIpc) is 4.15. The monoisotopic (exact) mass is 959 g/mol. The molecule has 4 aliphatic rings. The Labute approximate surface area is 433 Å². The number of rotatable bonds is 10. The molecule has 74 heavy (non-hydrogen) atoms. The van der Waals surface area contributed by atoms with Crippen LogP contribution in [0.5, 0.6) is 5.75 Å². The number of furan rings is 1. The van der Waals surface area contributed by atoms with Gasteiger partial charge in [0.25, 0.3) is 0 Å². The average molecular weight is 960 g/mol. The maximum Gasteiger partial charge on any atom is 0.238 e. The second-order valence-corrected chi connectivity index (χ2v) is 20.1. The van der Waals surface area contributed by atoms with Crippen molar-refractivity contribution in [2.75, 3.05) is 14.7 Å². The van der Waals surface area contributed by atoms with Crippen LogP contribution in [0.2, 0.25) is 0 Å². The van der Waals surface area contributed by atoms with Gasteiger partial charge in [-0.3, -0.25) is 14.5 Å². The minimum absolute atomic E-state index is 0.202. The molecule has 0 saturated heterocycles. The van der Waals surface area contributed by atoms with Gasteiger partial charge in [-0.2, -0.15) is 0 Å². The molecule has 0 N–H and O–H groups in total. The molecule has 7 aromatic carbocycles. The van der Waals surface area contributed by atoms with E-state index in [2.05, 4.69) is 240 Å². The van der Waals surface area contributed by atoms with Crippen LogP contribution in [0.1, 0.15) is 54.7 Å². The molecule has 8 heteroatoms. The summed E-state index contributed by atoms with van der Waals surface area (Å²) in [4.78, 5) is 12.1. The van der Waals surface area contributed by atoms with Crippen molar-refractivity contribution in [2.24, 2.45) is 5.92 Å². The number of benzene rings is 7. The zero-order chi connectivity index (χ0) is 49.4. The molecule has 10 aromatic rings. The number of fused-ring (bicyclic) bond motifs is 8. The van der Waals surface area contributed by atoms with Gasteiger partial charge >= 0.3 is 0 Å². The van der Waals surface area contributed by atoms with Crippen molar-refractivity contribution < 1.29 is 9.15 Å². The highest BCUT2D eigenvalue weighted by Crippen LogP contribution is 2.59. The van der Waals surface area contributed by atoms with Crippen LogP contribution >= 0.6 is 0 Å². The fourth-order valence-corrected chi connectivity index (χ4v) is 12.4. The van der Waals surface area contributed by atoms with E-state index in [1.807, 2.05) is 18.5 Å². The molecule has 0 spiro atoms. The van der Waals surface area contributed by atoms with Gasteiger partial charge in [0.2, 0.25) is 6.71 Å². The summed E-state index contributed by atoms with van der Waals surface area (Å²) in [5.74, 6) is 3.75. The van der Waals surface area contributed by atoms with Crippen LogP contribution in [-0.2, 0) is 19.3 Å². The third-order valence-electron chi connectivity index (χ3n) is 15.7. The highest BCUT2D eigenvalue weighted by atomic mass is 16.5. The minimum Gasteiger partial charge on any atom is -0.466 e. The lowest BCUT2D eigenvalue weighted by Gasteiger charge is -2.47. The number of pyridine rings is 1. The lowest BCUT2D eigenvalue weighted by molar-refractivity contribution is 0.231. The quantitative estimate of drug-likeness (QED) is 0.127. The maximum absolute atomic E-state index is 7.87. The SMILES string of the molecule is CCc1cccc(-c2oc3c(c2-c2cccc(CC)c2)OC2C3B3c4c(cc(N(c5ccccc5)c5cccnc5)cc4N2c2ccccc2)N(c2ccccc2)c2c3c3c(n2-c2ccccc2)CC(C)C=C3)c1. The molecule has 7 nitrogen and oxygen atoms in total. The number of ether oxygens (including phenoxy) is 1. The first-order chi connectivity index (χ1) is 36.6. The van der Waals surface area contributed by atoms with Crippen LogP contribution in [0.25, 0.3) is 34.2 Å². The topological polar surface area (TPSA) is 49.9 Å². The van der Waals surface area contributed by atoms with Gasteiger partial charge < -0.3 is 19.0 Å². The van der Waals surface area contributed by atoms with E-state index in [1.54, 1.807) is 0 Å². The van der Waals surface area contributed by atoms with Gasteiger partial charge in [-0.05, 0) is 137 Å². The number of allylic oxidation sites excluding steroid dienone is 1. The van der Waals surface area contributed by atoms with Crippen LogP contribution in [0.3, 0.4) is 0 Å². The Kier molecular flexibility index (Phi) is 10.6. The summed E-state index contributed by atoms with van der Waals surface area (Å²) < 4.78 is 18.1. The summed E-state index contributed by atoms with van der Waals surface area (Å²) in [6.07, 6.45) is 10.9. The molecule has 0 bridgehead atoms. The van der Waals surface area contributed by atoms with E-state index in [0.29, 0.717) is 5.92 Å². The Bertz CT molecular complexity index is 3720. The largest absolute Gasteiger partial charge is 0.466 e. The van der Waals surface area contributed by atoms with E-state index in [4.69, 9.17) is 14.1 Å². The summed E-state index contributed by atoms with van der Waals surface area (Å²) in [7, 11) is 0. The molecule has 0 amide bonds. The van der Waals surface area contributed by atoms with Crippen molar-refractivity contribution >= 4 is 69.3 Å². The summed E-state index contributed by atoms with van der Waals surface area (Å²) in [6.45, 7) is 6.57. The van der Waals surface area contributed by atoms with Crippen molar-refractivity contribution in [1.82, 2.24) is 9.55 Å². The van der Waals surface area contributed by atoms with Crippen molar-refractivity contribution in [2.45, 2.75) is 52.1 Å². The van der Waals surface area contributed by atoms with E-state index in [0.717, 1.165) is 105 Å². The van der Waals surface area contributed by atoms with E-state index in [1.165, 1.54) is 33.3 Å². The van der Waals surface area contributed by atoms with E-state index in [-0.39, 0.29) is 12.5 Å². The summed E-state index contributed by atoms with van der Waals surface area (Å²) in [5.41, 5.74) is 19.2. The molecule has 3 aliphatic heterocycles. The molecule has 3 atom stereocenters. The first-order valence-electron chi connectivity index (χ1n) is 26.2. The smallest absolute Gasteiger partial charge is 0.238 e. The van der Waals surface area contributed by atoms with Gasteiger partial charge in [0, 0.05) is 51.6 Å². The predicted octanol–water partition coefficient (Wildman–Crippen LogP) is 15.2. The molecule has 358 valence electrons. The van der Waals surface area contributed by atoms with Gasteiger partial charge in [0.1, 0.15) is 17.3 Å². The third kappa shape index (κ3) is 6.92. The molecule has 0 saturated carbocycles. The molecule has 1 aliphatic carbocycles. The number of hydrogen-bond donors (Lipinski definition) is 0. The summed E-state index contributed by atoms with van der Waals surface area (Å²) in [5, 5.41) is 0. The molecular weight excluding hydrogens is 906 g/mol.